The molecule has 0 saturated carbocycles. The standard InChI is InChI=1S/C24H19NO6/c1-29-21-13-17(11-12-20(21)30-14-16-7-3-2-4-8-16)24(28)31-15-25-22(26)18-9-5-6-10-19(18)23(25)27/h2-13H,14-15H2,1H3. The lowest BCUT2D eigenvalue weighted by molar-refractivity contribution is 0.0228. The van der Waals surface area contributed by atoms with Crippen LogP contribution in [0.4, 0.5) is 0 Å². The first-order valence-electron chi connectivity index (χ1n) is 9.55. The van der Waals surface area contributed by atoms with Crippen molar-refractivity contribution in [2.75, 3.05) is 13.8 Å². The van der Waals surface area contributed by atoms with Crippen molar-refractivity contribution in [1.29, 1.82) is 0 Å². The largest absolute Gasteiger partial charge is 0.493 e. The lowest BCUT2D eigenvalue weighted by atomic mass is 10.1. The molecule has 1 aliphatic rings. The quantitative estimate of drug-likeness (QED) is 0.431. The third-order valence-corrected chi connectivity index (χ3v) is 4.84. The van der Waals surface area contributed by atoms with Gasteiger partial charge in [0.2, 0.25) is 0 Å². The number of amides is 2. The Hall–Kier alpha value is -4.13. The first-order valence-corrected chi connectivity index (χ1v) is 9.55. The van der Waals surface area contributed by atoms with E-state index in [1.807, 2.05) is 30.3 Å². The molecule has 0 aromatic heterocycles. The van der Waals surface area contributed by atoms with Crippen molar-refractivity contribution in [2.45, 2.75) is 6.61 Å². The monoisotopic (exact) mass is 417 g/mol. The smallest absolute Gasteiger partial charge is 0.340 e. The van der Waals surface area contributed by atoms with E-state index in [1.54, 1.807) is 30.3 Å². The average molecular weight is 417 g/mol. The summed E-state index contributed by atoms with van der Waals surface area (Å²) in [5, 5.41) is 0. The van der Waals surface area contributed by atoms with Crippen molar-refractivity contribution >= 4 is 17.8 Å². The third-order valence-electron chi connectivity index (χ3n) is 4.84. The second kappa shape index (κ2) is 8.71. The van der Waals surface area contributed by atoms with Crippen molar-refractivity contribution in [2.24, 2.45) is 0 Å². The van der Waals surface area contributed by atoms with Crippen molar-refractivity contribution in [3.05, 3.63) is 95.1 Å². The molecule has 3 aromatic carbocycles. The highest BCUT2D eigenvalue weighted by atomic mass is 16.5. The molecule has 3 aromatic rings. The normalized spacial score (nSPS) is 12.5. The Morgan fingerprint density at radius 1 is 0.839 bits per heavy atom. The van der Waals surface area contributed by atoms with Crippen LogP contribution in [0.1, 0.15) is 36.6 Å². The van der Waals surface area contributed by atoms with Gasteiger partial charge in [0.05, 0.1) is 23.8 Å². The molecule has 7 nitrogen and oxygen atoms in total. The summed E-state index contributed by atoms with van der Waals surface area (Å²) in [4.78, 5) is 38.1. The average Bonchev–Trinajstić information content (AvgIpc) is 3.06. The molecule has 0 fully saturated rings. The minimum absolute atomic E-state index is 0.209. The summed E-state index contributed by atoms with van der Waals surface area (Å²) in [6.45, 7) is -0.125. The fourth-order valence-corrected chi connectivity index (χ4v) is 3.21. The highest BCUT2D eigenvalue weighted by Gasteiger charge is 2.35. The maximum atomic E-state index is 12.5. The Labute approximate surface area is 178 Å². The van der Waals surface area contributed by atoms with Gasteiger partial charge in [-0.1, -0.05) is 42.5 Å². The zero-order valence-corrected chi connectivity index (χ0v) is 16.7. The van der Waals surface area contributed by atoms with E-state index in [9.17, 15) is 14.4 Å². The molecule has 0 aliphatic carbocycles. The molecule has 0 spiro atoms. The highest BCUT2D eigenvalue weighted by molar-refractivity contribution is 6.21. The number of esters is 1. The first kappa shape index (κ1) is 20.2. The van der Waals surface area contributed by atoms with E-state index in [2.05, 4.69) is 0 Å². The Kier molecular flexibility index (Phi) is 5.66. The van der Waals surface area contributed by atoms with Gasteiger partial charge in [0.1, 0.15) is 6.61 Å². The van der Waals surface area contributed by atoms with Crippen molar-refractivity contribution in [1.82, 2.24) is 4.90 Å². The minimum Gasteiger partial charge on any atom is -0.493 e. The van der Waals surface area contributed by atoms with Gasteiger partial charge in [0, 0.05) is 0 Å². The first-order chi connectivity index (χ1) is 15.1. The zero-order chi connectivity index (χ0) is 21.8. The number of ether oxygens (including phenoxy) is 3. The fraction of sp³-hybridized carbons (Fsp3) is 0.125. The van der Waals surface area contributed by atoms with Gasteiger partial charge in [0.15, 0.2) is 18.2 Å². The number of hydrogen-bond acceptors (Lipinski definition) is 6. The van der Waals surface area contributed by atoms with E-state index < -0.39 is 24.5 Å². The van der Waals surface area contributed by atoms with E-state index in [0.717, 1.165) is 10.5 Å². The van der Waals surface area contributed by atoms with Crippen LogP contribution in [0.2, 0.25) is 0 Å². The topological polar surface area (TPSA) is 82.1 Å². The number of imide groups is 1. The van der Waals surface area contributed by atoms with Crippen LogP contribution in [0, 0.1) is 0 Å². The van der Waals surface area contributed by atoms with E-state index in [0.29, 0.717) is 29.2 Å². The second-order valence-corrected chi connectivity index (χ2v) is 6.78. The van der Waals surface area contributed by atoms with Crippen LogP contribution in [0.25, 0.3) is 0 Å². The van der Waals surface area contributed by atoms with Crippen LogP contribution in [-0.2, 0) is 11.3 Å². The number of carbonyl (C=O) groups excluding carboxylic acids is 3. The van der Waals surface area contributed by atoms with E-state index in [1.165, 1.54) is 19.2 Å². The molecule has 1 heterocycles. The van der Waals surface area contributed by atoms with Crippen molar-refractivity contribution in [3.8, 4) is 11.5 Å². The van der Waals surface area contributed by atoms with Gasteiger partial charge in [-0.2, -0.15) is 0 Å². The predicted molar refractivity (Wildman–Crippen MR) is 111 cm³/mol. The number of hydrogen-bond donors (Lipinski definition) is 0. The van der Waals surface area contributed by atoms with Crippen LogP contribution in [0.3, 0.4) is 0 Å². The van der Waals surface area contributed by atoms with Gasteiger partial charge >= 0.3 is 5.97 Å². The molecule has 2 amide bonds. The fourth-order valence-electron chi connectivity index (χ4n) is 3.21. The summed E-state index contributed by atoms with van der Waals surface area (Å²) < 4.78 is 16.3. The Morgan fingerprint density at radius 2 is 1.48 bits per heavy atom. The summed E-state index contributed by atoms with van der Waals surface area (Å²) in [5.74, 6) is -0.829. The molecule has 4 rings (SSSR count). The maximum Gasteiger partial charge on any atom is 0.340 e. The van der Waals surface area contributed by atoms with E-state index >= 15 is 0 Å². The SMILES string of the molecule is COc1cc(C(=O)OCN2C(=O)c3ccccc3C2=O)ccc1OCc1ccccc1. The molecule has 0 unspecified atom stereocenters. The molecular formula is C24H19NO6. The zero-order valence-electron chi connectivity index (χ0n) is 16.7. The van der Waals surface area contributed by atoms with Gasteiger partial charge in [-0.15, -0.1) is 0 Å². The van der Waals surface area contributed by atoms with Crippen LogP contribution in [0.15, 0.2) is 72.8 Å². The molecule has 31 heavy (non-hydrogen) atoms. The number of rotatable bonds is 7. The Bertz CT molecular complexity index is 1110. The van der Waals surface area contributed by atoms with Crippen molar-refractivity contribution < 1.29 is 28.6 Å². The molecule has 0 atom stereocenters. The summed E-state index contributed by atoms with van der Waals surface area (Å²) >= 11 is 0. The number of carbonyl (C=O) groups is 3. The minimum atomic E-state index is -0.690. The molecule has 1 aliphatic heterocycles. The van der Waals surface area contributed by atoms with Crippen molar-refractivity contribution in [3.63, 3.8) is 0 Å². The second-order valence-electron chi connectivity index (χ2n) is 6.78. The maximum absolute atomic E-state index is 12.5. The van der Waals surface area contributed by atoms with Gasteiger partial charge in [0.25, 0.3) is 11.8 Å². The van der Waals surface area contributed by atoms with E-state index in [4.69, 9.17) is 14.2 Å². The van der Waals surface area contributed by atoms with Gasteiger partial charge in [-0.05, 0) is 35.9 Å². The summed E-state index contributed by atoms with van der Waals surface area (Å²) in [7, 11) is 1.47. The van der Waals surface area contributed by atoms with Crippen LogP contribution >= 0.6 is 0 Å². The molecular weight excluding hydrogens is 398 g/mol. The molecule has 0 bridgehead atoms. The van der Waals surface area contributed by atoms with Crippen LogP contribution in [0.5, 0.6) is 11.5 Å². The van der Waals surface area contributed by atoms with Gasteiger partial charge in [-0.3, -0.25) is 9.59 Å². The third kappa shape index (κ3) is 4.11. The lowest BCUT2D eigenvalue weighted by Gasteiger charge is -2.15. The van der Waals surface area contributed by atoms with Crippen LogP contribution in [-0.4, -0.2) is 36.5 Å². The molecule has 7 heteroatoms. The molecule has 0 radical (unpaired) electrons. The number of fused-ring (bicyclic) bond motifs is 1. The number of benzene rings is 3. The highest BCUT2D eigenvalue weighted by Crippen LogP contribution is 2.29. The van der Waals surface area contributed by atoms with E-state index in [-0.39, 0.29) is 5.56 Å². The molecule has 0 saturated heterocycles. The number of nitrogens with zero attached hydrogens (tertiary/aromatic N) is 1. The summed E-state index contributed by atoms with van der Waals surface area (Å²) in [6, 6.07) is 20.8. The Morgan fingerprint density at radius 3 is 2.13 bits per heavy atom. The Balaban J connectivity index is 1.41. The number of methoxy groups -OCH3 is 1. The lowest BCUT2D eigenvalue weighted by Crippen LogP contribution is -2.33. The van der Waals surface area contributed by atoms with Gasteiger partial charge < -0.3 is 14.2 Å². The van der Waals surface area contributed by atoms with Crippen LogP contribution < -0.4 is 9.47 Å². The molecule has 156 valence electrons. The molecule has 0 N–H and O–H groups in total. The summed E-state index contributed by atoms with van der Waals surface area (Å²) in [5.41, 5.74) is 1.80. The summed E-state index contributed by atoms with van der Waals surface area (Å²) in [6.07, 6.45) is 0. The predicted octanol–water partition coefficient (Wildman–Crippen LogP) is 3.68. The van der Waals surface area contributed by atoms with Gasteiger partial charge in [-0.25, -0.2) is 9.69 Å².